The summed E-state index contributed by atoms with van der Waals surface area (Å²) in [5, 5.41) is 9.45. The van der Waals surface area contributed by atoms with Crippen molar-refractivity contribution < 1.29 is 37.3 Å². The first-order valence-electron chi connectivity index (χ1n) is 11.9. The second kappa shape index (κ2) is 15.0. The highest BCUT2D eigenvalue weighted by Gasteiger charge is 2.26. The van der Waals surface area contributed by atoms with E-state index >= 15 is 0 Å². The minimum atomic E-state index is -4.10. The fourth-order valence-corrected chi connectivity index (χ4v) is 4.69. The fourth-order valence-electron chi connectivity index (χ4n) is 3.55. The van der Waals surface area contributed by atoms with E-state index in [0.717, 1.165) is 37.9 Å². The van der Waals surface area contributed by atoms with E-state index in [-0.39, 0.29) is 19.2 Å². The average Bonchev–Trinajstić information content (AvgIpc) is 3.32. The number of carboxylic acid groups (broad SMARTS) is 1. The molecule has 11 heteroatoms. The number of hydrogen-bond acceptors (Lipinski definition) is 7. The number of carbonyl (C=O) groups is 1. The molecule has 1 heterocycles. The summed E-state index contributed by atoms with van der Waals surface area (Å²) in [4.78, 5) is 11.6. The number of hydrogen-bond donors (Lipinski definition) is 2. The lowest BCUT2D eigenvalue weighted by Gasteiger charge is -2.20. The van der Waals surface area contributed by atoms with Gasteiger partial charge in [0.1, 0.15) is 24.7 Å². The van der Waals surface area contributed by atoms with Gasteiger partial charge in [0.15, 0.2) is 0 Å². The number of unbranched alkanes of at least 4 members (excludes halogenated alkanes) is 2. The van der Waals surface area contributed by atoms with Gasteiger partial charge < -0.3 is 24.1 Å². The van der Waals surface area contributed by atoms with Gasteiger partial charge in [-0.3, -0.25) is 0 Å². The zero-order valence-electron chi connectivity index (χ0n) is 20.2. The quantitative estimate of drug-likeness (QED) is 0.311. The van der Waals surface area contributed by atoms with Gasteiger partial charge in [0.05, 0.1) is 12.7 Å². The third-order valence-corrected chi connectivity index (χ3v) is 6.91. The SMILES string of the molecule is CCCCCNS(=O)(=O)N(CCCc1ccc(OCCOC)cc1OCC1CCCO1)C(=O)O. The van der Waals surface area contributed by atoms with Gasteiger partial charge >= 0.3 is 16.3 Å². The van der Waals surface area contributed by atoms with Crippen molar-refractivity contribution >= 4 is 16.3 Å². The van der Waals surface area contributed by atoms with Crippen LogP contribution in [0.2, 0.25) is 0 Å². The molecule has 1 aliphatic rings. The maximum absolute atomic E-state index is 12.4. The maximum Gasteiger partial charge on any atom is 0.422 e. The highest BCUT2D eigenvalue weighted by Crippen LogP contribution is 2.27. The second-order valence-corrected chi connectivity index (χ2v) is 9.80. The van der Waals surface area contributed by atoms with Crippen LogP contribution in [0.25, 0.3) is 0 Å². The van der Waals surface area contributed by atoms with Crippen LogP contribution in [-0.2, 0) is 26.1 Å². The molecule has 10 nitrogen and oxygen atoms in total. The monoisotopic (exact) mass is 502 g/mol. The standard InChI is InChI=1S/C23H38N2O8S/c1-3-4-5-12-24-34(28,29)25(23(26)27)13-6-8-19-10-11-20(32-16-15-30-2)17-22(19)33-18-21-9-7-14-31-21/h10-11,17,21,24H,3-9,12-16,18H2,1-2H3,(H,26,27). The zero-order valence-corrected chi connectivity index (χ0v) is 21.0. The molecule has 1 fully saturated rings. The molecule has 0 bridgehead atoms. The summed E-state index contributed by atoms with van der Waals surface area (Å²) in [5.74, 6) is 1.25. The van der Waals surface area contributed by atoms with Crippen LogP contribution < -0.4 is 14.2 Å². The van der Waals surface area contributed by atoms with Gasteiger partial charge in [-0.1, -0.05) is 25.8 Å². The van der Waals surface area contributed by atoms with Crippen molar-refractivity contribution in [2.24, 2.45) is 0 Å². The molecule has 2 N–H and O–H groups in total. The van der Waals surface area contributed by atoms with Crippen LogP contribution in [0.5, 0.6) is 11.5 Å². The van der Waals surface area contributed by atoms with Crippen molar-refractivity contribution in [2.45, 2.75) is 58.0 Å². The minimum Gasteiger partial charge on any atom is -0.491 e. The highest BCUT2D eigenvalue weighted by molar-refractivity contribution is 7.87. The summed E-state index contributed by atoms with van der Waals surface area (Å²) in [6, 6.07) is 5.46. The van der Waals surface area contributed by atoms with E-state index < -0.39 is 16.3 Å². The van der Waals surface area contributed by atoms with Crippen molar-refractivity contribution in [3.8, 4) is 11.5 Å². The summed E-state index contributed by atoms with van der Waals surface area (Å²) in [7, 11) is -2.50. The lowest BCUT2D eigenvalue weighted by atomic mass is 10.1. The van der Waals surface area contributed by atoms with Crippen molar-refractivity contribution in [1.82, 2.24) is 9.03 Å². The molecule has 1 aromatic carbocycles. The summed E-state index contributed by atoms with van der Waals surface area (Å²) in [6.07, 6.45) is 3.71. The Balaban J connectivity index is 2.00. The third kappa shape index (κ3) is 9.65. The Bertz CT molecular complexity index is 843. The van der Waals surface area contributed by atoms with Gasteiger partial charge in [0.25, 0.3) is 0 Å². The maximum atomic E-state index is 12.4. The number of ether oxygens (including phenoxy) is 4. The molecule has 0 aliphatic carbocycles. The number of benzene rings is 1. The van der Waals surface area contributed by atoms with Gasteiger partial charge in [-0.2, -0.15) is 17.4 Å². The van der Waals surface area contributed by atoms with Crippen LogP contribution in [0.15, 0.2) is 18.2 Å². The first-order valence-corrected chi connectivity index (χ1v) is 13.3. The van der Waals surface area contributed by atoms with E-state index in [2.05, 4.69) is 4.72 Å². The highest BCUT2D eigenvalue weighted by atomic mass is 32.2. The molecule has 194 valence electrons. The average molecular weight is 503 g/mol. The topological polar surface area (TPSA) is 124 Å². The van der Waals surface area contributed by atoms with Crippen LogP contribution in [0, 0.1) is 0 Å². The molecule has 1 unspecified atom stereocenters. The Kier molecular flexibility index (Phi) is 12.4. The van der Waals surface area contributed by atoms with Gasteiger partial charge in [-0.25, -0.2) is 4.79 Å². The Hall–Kier alpha value is -2.08. The Morgan fingerprint density at radius 3 is 2.74 bits per heavy atom. The molecular formula is C23H38N2O8S. The smallest absolute Gasteiger partial charge is 0.422 e. The van der Waals surface area contributed by atoms with Crippen molar-refractivity contribution in [3.05, 3.63) is 23.8 Å². The predicted octanol–water partition coefficient (Wildman–Crippen LogP) is 3.21. The summed E-state index contributed by atoms with van der Waals surface area (Å²) in [6.45, 7) is 4.06. The molecule has 0 saturated carbocycles. The van der Waals surface area contributed by atoms with Crippen molar-refractivity contribution in [3.63, 3.8) is 0 Å². The van der Waals surface area contributed by atoms with Gasteiger partial charge in [0, 0.05) is 32.9 Å². The summed E-state index contributed by atoms with van der Waals surface area (Å²) >= 11 is 0. The van der Waals surface area contributed by atoms with Crippen LogP contribution >= 0.6 is 0 Å². The van der Waals surface area contributed by atoms with Gasteiger partial charge in [-0.15, -0.1) is 0 Å². The van der Waals surface area contributed by atoms with E-state index in [1.165, 1.54) is 0 Å². The first kappa shape index (κ1) is 28.2. The zero-order chi connectivity index (χ0) is 24.8. The molecule has 1 atom stereocenters. The summed E-state index contributed by atoms with van der Waals surface area (Å²) in [5.41, 5.74) is 0.843. The lowest BCUT2D eigenvalue weighted by molar-refractivity contribution is 0.0674. The second-order valence-electron chi connectivity index (χ2n) is 8.12. The molecule has 0 radical (unpaired) electrons. The van der Waals surface area contributed by atoms with Crippen molar-refractivity contribution in [2.75, 3.05) is 46.6 Å². The van der Waals surface area contributed by atoms with E-state index in [9.17, 15) is 18.3 Å². The fraction of sp³-hybridized carbons (Fsp3) is 0.696. The van der Waals surface area contributed by atoms with Crippen LogP contribution in [0.3, 0.4) is 0 Å². The molecule has 34 heavy (non-hydrogen) atoms. The molecule has 1 aromatic rings. The van der Waals surface area contributed by atoms with Crippen molar-refractivity contribution in [1.29, 1.82) is 0 Å². The normalized spacial score (nSPS) is 15.9. The Morgan fingerprint density at radius 2 is 2.06 bits per heavy atom. The van der Waals surface area contributed by atoms with Gasteiger partial charge in [-0.05, 0) is 43.7 Å². The van der Waals surface area contributed by atoms with E-state index in [0.29, 0.717) is 54.9 Å². The molecule has 0 aromatic heterocycles. The number of amides is 1. The molecule has 2 rings (SSSR count). The third-order valence-electron chi connectivity index (χ3n) is 5.42. The molecular weight excluding hydrogens is 464 g/mol. The summed E-state index contributed by atoms with van der Waals surface area (Å²) < 4.78 is 50.0. The molecule has 1 amide bonds. The largest absolute Gasteiger partial charge is 0.491 e. The number of rotatable bonds is 17. The van der Waals surface area contributed by atoms with E-state index in [4.69, 9.17) is 18.9 Å². The molecule has 0 spiro atoms. The van der Waals surface area contributed by atoms with Crippen LogP contribution in [-0.4, -0.2) is 76.7 Å². The van der Waals surface area contributed by atoms with E-state index in [1.54, 1.807) is 13.2 Å². The van der Waals surface area contributed by atoms with Crippen LogP contribution in [0.1, 0.15) is 51.0 Å². The molecule has 1 saturated heterocycles. The number of aryl methyl sites for hydroxylation is 1. The Morgan fingerprint density at radius 1 is 1.24 bits per heavy atom. The van der Waals surface area contributed by atoms with Crippen LogP contribution in [0.4, 0.5) is 4.79 Å². The number of nitrogens with one attached hydrogen (secondary N) is 1. The van der Waals surface area contributed by atoms with Gasteiger partial charge in [0.2, 0.25) is 0 Å². The lowest BCUT2D eigenvalue weighted by Crippen LogP contribution is -2.44. The van der Waals surface area contributed by atoms with E-state index in [1.807, 2.05) is 19.1 Å². The minimum absolute atomic E-state index is 0.0392. The number of methoxy groups -OCH3 is 1. The first-order chi connectivity index (χ1) is 16.4. The number of nitrogens with zero attached hydrogens (tertiary/aromatic N) is 1. The predicted molar refractivity (Wildman–Crippen MR) is 128 cm³/mol. The molecule has 1 aliphatic heterocycles. The Labute approximate surface area is 202 Å².